The van der Waals surface area contributed by atoms with Crippen LogP contribution in [-0.4, -0.2) is 19.1 Å². The number of halogens is 1. The molecule has 0 fully saturated rings. The van der Waals surface area contributed by atoms with Gasteiger partial charge in [-0.15, -0.1) is 0 Å². The number of benzene rings is 1. The van der Waals surface area contributed by atoms with Crippen LogP contribution in [0.25, 0.3) is 0 Å². The van der Waals surface area contributed by atoms with Crippen LogP contribution in [0.15, 0.2) is 24.3 Å². The molecule has 0 heterocycles. The maximum absolute atomic E-state index is 11.7. The molecule has 0 aliphatic carbocycles. The molecule has 1 aromatic rings. The summed E-state index contributed by atoms with van der Waals surface area (Å²) in [7, 11) is 1.41. The molecular formula is C14H20ClNO2. The van der Waals surface area contributed by atoms with E-state index in [1.54, 1.807) is 0 Å². The number of hydrogen-bond acceptors (Lipinski definition) is 3. The van der Waals surface area contributed by atoms with Crippen LogP contribution in [0, 0.1) is 5.92 Å². The van der Waals surface area contributed by atoms with E-state index in [4.69, 9.17) is 16.3 Å². The van der Waals surface area contributed by atoms with Crippen molar-refractivity contribution in [2.45, 2.75) is 32.9 Å². The highest BCUT2D eigenvalue weighted by Crippen LogP contribution is 2.19. The summed E-state index contributed by atoms with van der Waals surface area (Å²) in [6.07, 6.45) is 0. The molecule has 0 aromatic heterocycles. The molecule has 1 unspecified atom stereocenters. The molecule has 0 bridgehead atoms. The van der Waals surface area contributed by atoms with Crippen molar-refractivity contribution in [2.75, 3.05) is 7.11 Å². The third kappa shape index (κ3) is 4.00. The molecule has 0 aliphatic rings. The van der Waals surface area contributed by atoms with Gasteiger partial charge in [-0.2, -0.15) is 0 Å². The minimum Gasteiger partial charge on any atom is -0.468 e. The van der Waals surface area contributed by atoms with Crippen LogP contribution in [-0.2, 0) is 9.53 Å². The molecule has 3 nitrogen and oxygen atoms in total. The van der Waals surface area contributed by atoms with E-state index in [2.05, 4.69) is 5.32 Å². The SMILES string of the molecule is COC(=O)[C@@H](NC(C)c1cccc(Cl)c1)C(C)C. The lowest BCUT2D eigenvalue weighted by Gasteiger charge is -2.24. The number of ether oxygens (including phenoxy) is 1. The van der Waals surface area contributed by atoms with E-state index < -0.39 is 0 Å². The van der Waals surface area contributed by atoms with E-state index in [9.17, 15) is 4.79 Å². The molecule has 0 spiro atoms. The first-order valence-corrected chi connectivity index (χ1v) is 6.42. The third-order valence-corrected chi connectivity index (χ3v) is 3.14. The Kier molecular flexibility index (Phi) is 5.63. The Balaban J connectivity index is 2.78. The van der Waals surface area contributed by atoms with Gasteiger partial charge in [0.05, 0.1) is 7.11 Å². The van der Waals surface area contributed by atoms with Crippen LogP contribution < -0.4 is 5.32 Å². The summed E-state index contributed by atoms with van der Waals surface area (Å²) in [5.74, 6) is -0.0713. The Labute approximate surface area is 113 Å². The number of hydrogen-bond donors (Lipinski definition) is 1. The molecule has 0 saturated carbocycles. The largest absolute Gasteiger partial charge is 0.468 e. The zero-order valence-electron chi connectivity index (χ0n) is 11.2. The third-order valence-electron chi connectivity index (χ3n) is 2.90. The summed E-state index contributed by atoms with van der Waals surface area (Å²) in [5.41, 5.74) is 1.05. The van der Waals surface area contributed by atoms with Gasteiger partial charge < -0.3 is 4.74 Å². The first-order valence-electron chi connectivity index (χ1n) is 6.05. The molecule has 1 N–H and O–H groups in total. The molecular weight excluding hydrogens is 250 g/mol. The molecule has 100 valence electrons. The molecule has 4 heteroatoms. The van der Waals surface area contributed by atoms with E-state index in [0.29, 0.717) is 5.02 Å². The molecule has 0 saturated heterocycles. The minimum absolute atomic E-state index is 0.0372. The molecule has 0 amide bonds. The van der Waals surface area contributed by atoms with Crippen molar-refractivity contribution in [3.8, 4) is 0 Å². The van der Waals surface area contributed by atoms with Gasteiger partial charge in [0.1, 0.15) is 6.04 Å². The smallest absolute Gasteiger partial charge is 0.323 e. The standard InChI is InChI=1S/C14H20ClNO2/c1-9(2)13(14(17)18-4)16-10(3)11-6-5-7-12(15)8-11/h5-10,13,16H,1-4H3/t10?,13-/m0/s1. The Bertz CT molecular complexity index is 407. The van der Waals surface area contributed by atoms with Crippen molar-refractivity contribution in [3.05, 3.63) is 34.9 Å². The highest BCUT2D eigenvalue weighted by Gasteiger charge is 2.24. The maximum Gasteiger partial charge on any atom is 0.323 e. The zero-order chi connectivity index (χ0) is 13.7. The number of carbonyl (C=O) groups is 1. The lowest BCUT2D eigenvalue weighted by molar-refractivity contribution is -0.144. The van der Waals surface area contributed by atoms with Crippen LogP contribution in [0.5, 0.6) is 0 Å². The fraction of sp³-hybridized carbons (Fsp3) is 0.500. The van der Waals surface area contributed by atoms with Crippen LogP contribution in [0.1, 0.15) is 32.4 Å². The normalized spacial score (nSPS) is 14.3. The van der Waals surface area contributed by atoms with Crippen molar-refractivity contribution in [1.29, 1.82) is 0 Å². The van der Waals surface area contributed by atoms with Gasteiger partial charge in [0.2, 0.25) is 0 Å². The van der Waals surface area contributed by atoms with E-state index in [1.807, 2.05) is 45.0 Å². The summed E-state index contributed by atoms with van der Waals surface area (Å²) in [6, 6.07) is 7.34. The average molecular weight is 270 g/mol. The van der Waals surface area contributed by atoms with E-state index in [0.717, 1.165) is 5.56 Å². The molecule has 2 atom stereocenters. The number of nitrogens with one attached hydrogen (secondary N) is 1. The molecule has 18 heavy (non-hydrogen) atoms. The fourth-order valence-electron chi connectivity index (χ4n) is 1.80. The second kappa shape index (κ2) is 6.76. The van der Waals surface area contributed by atoms with E-state index in [1.165, 1.54) is 7.11 Å². The van der Waals surface area contributed by atoms with Gasteiger partial charge in [-0.05, 0) is 30.5 Å². The maximum atomic E-state index is 11.7. The Hall–Kier alpha value is -1.06. The molecule has 0 radical (unpaired) electrons. The van der Waals surface area contributed by atoms with Gasteiger partial charge in [-0.25, -0.2) is 0 Å². The van der Waals surface area contributed by atoms with Gasteiger partial charge in [0, 0.05) is 11.1 Å². The Morgan fingerprint density at radius 3 is 2.50 bits per heavy atom. The molecule has 0 aliphatic heterocycles. The highest BCUT2D eigenvalue weighted by molar-refractivity contribution is 6.30. The topological polar surface area (TPSA) is 38.3 Å². The predicted octanol–water partition coefficient (Wildman–Crippen LogP) is 3.19. The van der Waals surface area contributed by atoms with Crippen molar-refractivity contribution >= 4 is 17.6 Å². The van der Waals surface area contributed by atoms with Gasteiger partial charge >= 0.3 is 5.97 Å². The predicted molar refractivity (Wildman–Crippen MR) is 73.6 cm³/mol. The summed E-state index contributed by atoms with van der Waals surface area (Å²) in [4.78, 5) is 11.7. The number of methoxy groups -OCH3 is 1. The van der Waals surface area contributed by atoms with Crippen LogP contribution in [0.4, 0.5) is 0 Å². The van der Waals surface area contributed by atoms with Gasteiger partial charge in [0.25, 0.3) is 0 Å². The van der Waals surface area contributed by atoms with Crippen LogP contribution in [0.3, 0.4) is 0 Å². The summed E-state index contributed by atoms with van der Waals surface area (Å²) < 4.78 is 4.81. The summed E-state index contributed by atoms with van der Waals surface area (Å²) >= 11 is 5.96. The van der Waals surface area contributed by atoms with Gasteiger partial charge in [-0.1, -0.05) is 37.6 Å². The number of esters is 1. The minimum atomic E-state index is -0.316. The second-order valence-electron chi connectivity index (χ2n) is 4.69. The molecule has 1 rings (SSSR count). The first-order chi connectivity index (χ1) is 8.45. The van der Waals surface area contributed by atoms with Gasteiger partial charge in [-0.3, -0.25) is 10.1 Å². The van der Waals surface area contributed by atoms with E-state index >= 15 is 0 Å². The fourth-order valence-corrected chi connectivity index (χ4v) is 2.00. The second-order valence-corrected chi connectivity index (χ2v) is 5.12. The molecule has 1 aromatic carbocycles. The number of rotatable bonds is 5. The number of carbonyl (C=O) groups excluding carboxylic acids is 1. The quantitative estimate of drug-likeness (QED) is 0.835. The van der Waals surface area contributed by atoms with Gasteiger partial charge in [0.15, 0.2) is 0 Å². The lowest BCUT2D eigenvalue weighted by Crippen LogP contribution is -2.42. The lowest BCUT2D eigenvalue weighted by atomic mass is 10.0. The summed E-state index contributed by atoms with van der Waals surface area (Å²) in [6.45, 7) is 5.97. The first kappa shape index (κ1) is 15.0. The highest BCUT2D eigenvalue weighted by atomic mass is 35.5. The Morgan fingerprint density at radius 2 is 2.00 bits per heavy atom. The van der Waals surface area contributed by atoms with Crippen molar-refractivity contribution < 1.29 is 9.53 Å². The van der Waals surface area contributed by atoms with Crippen molar-refractivity contribution in [1.82, 2.24) is 5.32 Å². The van der Waals surface area contributed by atoms with E-state index in [-0.39, 0.29) is 24.0 Å². The van der Waals surface area contributed by atoms with Crippen molar-refractivity contribution in [3.63, 3.8) is 0 Å². The Morgan fingerprint density at radius 1 is 1.33 bits per heavy atom. The van der Waals surface area contributed by atoms with Crippen molar-refractivity contribution in [2.24, 2.45) is 5.92 Å². The van der Waals surface area contributed by atoms with Crippen LogP contribution in [0.2, 0.25) is 5.02 Å². The summed E-state index contributed by atoms with van der Waals surface area (Å²) in [5, 5.41) is 3.97. The average Bonchev–Trinajstić information content (AvgIpc) is 2.34. The van der Waals surface area contributed by atoms with Crippen LogP contribution >= 0.6 is 11.6 Å². The monoisotopic (exact) mass is 269 g/mol. The zero-order valence-corrected chi connectivity index (χ0v) is 12.0.